The average Bonchev–Trinajstić information content (AvgIpc) is 3.01. The Bertz CT molecular complexity index is 1250. The summed E-state index contributed by atoms with van der Waals surface area (Å²) in [6.07, 6.45) is 0. The van der Waals surface area contributed by atoms with Crippen LogP contribution < -0.4 is 20.9 Å². The molecule has 0 saturated carbocycles. The van der Waals surface area contributed by atoms with Crippen molar-refractivity contribution >= 4 is 17.6 Å². The van der Waals surface area contributed by atoms with E-state index in [1.165, 1.54) is 7.11 Å². The van der Waals surface area contributed by atoms with Gasteiger partial charge in [-0.3, -0.25) is 9.59 Å². The first-order chi connectivity index (χ1) is 15.7. The molecule has 33 heavy (non-hydrogen) atoms. The van der Waals surface area contributed by atoms with Crippen molar-refractivity contribution in [3.63, 3.8) is 0 Å². The standard InChI is InChI=1S/C24H28N4O5/c1-6-27-16-10-8-7-9-15(16)24(23(27)31)18-17(33-20(25)19(24)22(30)32-5)13-14(2)28(21(18)29)12-11-26(3)4/h7-10,13H,6,11-12,25H2,1-5H3/t24-/m0/s1. The highest BCUT2D eigenvalue weighted by molar-refractivity contribution is 6.18. The molecule has 174 valence electrons. The smallest absolute Gasteiger partial charge is 0.340 e. The van der Waals surface area contributed by atoms with Crippen LogP contribution >= 0.6 is 0 Å². The van der Waals surface area contributed by atoms with Gasteiger partial charge in [0.25, 0.3) is 5.56 Å². The van der Waals surface area contributed by atoms with Crippen molar-refractivity contribution in [3.05, 3.63) is 69.0 Å². The van der Waals surface area contributed by atoms with Crippen LogP contribution in [0.25, 0.3) is 0 Å². The number of pyridine rings is 1. The van der Waals surface area contributed by atoms with E-state index in [0.29, 0.717) is 36.6 Å². The van der Waals surface area contributed by atoms with Crippen molar-refractivity contribution in [3.8, 4) is 5.75 Å². The molecule has 4 rings (SSSR count). The summed E-state index contributed by atoms with van der Waals surface area (Å²) in [5.41, 5.74) is 5.76. The fourth-order valence-electron chi connectivity index (χ4n) is 4.83. The fourth-order valence-corrected chi connectivity index (χ4v) is 4.83. The molecule has 1 amide bonds. The van der Waals surface area contributed by atoms with Gasteiger partial charge in [-0.25, -0.2) is 4.79 Å². The van der Waals surface area contributed by atoms with Gasteiger partial charge in [-0.15, -0.1) is 0 Å². The zero-order valence-electron chi connectivity index (χ0n) is 19.5. The minimum atomic E-state index is -1.76. The number of carbonyl (C=O) groups is 2. The second kappa shape index (κ2) is 8.08. The number of amides is 1. The Kier molecular flexibility index (Phi) is 5.53. The SMILES string of the molecule is CCN1C(=O)[C@@]2(C(C(=O)OC)=C(N)Oc3cc(C)n(CCN(C)C)c(=O)c32)c2ccccc21. The van der Waals surface area contributed by atoms with Crippen molar-refractivity contribution in [2.45, 2.75) is 25.8 Å². The number of esters is 1. The van der Waals surface area contributed by atoms with Gasteiger partial charge in [0.15, 0.2) is 0 Å². The minimum Gasteiger partial charge on any atom is -0.465 e. The summed E-state index contributed by atoms with van der Waals surface area (Å²) in [4.78, 5) is 44.7. The van der Waals surface area contributed by atoms with Crippen molar-refractivity contribution in [2.75, 3.05) is 39.2 Å². The molecule has 1 aromatic heterocycles. The highest BCUT2D eigenvalue weighted by atomic mass is 16.5. The van der Waals surface area contributed by atoms with Crippen molar-refractivity contribution in [1.29, 1.82) is 0 Å². The fraction of sp³-hybridized carbons (Fsp3) is 0.375. The molecule has 0 radical (unpaired) electrons. The van der Waals surface area contributed by atoms with Gasteiger partial charge in [0.2, 0.25) is 11.8 Å². The Morgan fingerprint density at radius 3 is 2.58 bits per heavy atom. The molecule has 9 nitrogen and oxygen atoms in total. The van der Waals surface area contributed by atoms with E-state index in [2.05, 4.69) is 0 Å². The van der Waals surface area contributed by atoms with Crippen LogP contribution in [-0.2, 0) is 26.3 Å². The number of rotatable bonds is 5. The normalized spacial score (nSPS) is 19.1. The van der Waals surface area contributed by atoms with E-state index in [0.717, 1.165) is 0 Å². The largest absolute Gasteiger partial charge is 0.465 e. The first-order valence-corrected chi connectivity index (χ1v) is 10.8. The Labute approximate surface area is 192 Å². The van der Waals surface area contributed by atoms with Crippen molar-refractivity contribution in [1.82, 2.24) is 9.47 Å². The molecule has 1 atom stereocenters. The molecular weight excluding hydrogens is 424 g/mol. The number of methoxy groups -OCH3 is 1. The number of hydrogen-bond donors (Lipinski definition) is 1. The summed E-state index contributed by atoms with van der Waals surface area (Å²) in [6.45, 7) is 5.00. The van der Waals surface area contributed by atoms with Gasteiger partial charge in [0.1, 0.15) is 16.7 Å². The van der Waals surface area contributed by atoms with Gasteiger partial charge in [-0.2, -0.15) is 0 Å². The molecule has 1 spiro atoms. The van der Waals surface area contributed by atoms with E-state index in [9.17, 15) is 14.4 Å². The lowest BCUT2D eigenvalue weighted by atomic mass is 9.68. The van der Waals surface area contributed by atoms with Crippen molar-refractivity contribution in [2.24, 2.45) is 5.73 Å². The number of aromatic nitrogens is 1. The maximum Gasteiger partial charge on any atom is 0.340 e. The minimum absolute atomic E-state index is 0.0786. The number of nitrogens with zero attached hydrogens (tertiary/aromatic N) is 3. The molecule has 0 aliphatic carbocycles. The third kappa shape index (κ3) is 3.06. The van der Waals surface area contributed by atoms with E-state index in [1.807, 2.05) is 32.0 Å². The zero-order chi connectivity index (χ0) is 24.1. The number of para-hydroxylation sites is 1. The number of likely N-dealkylation sites (N-methyl/N-ethyl adjacent to an activating group) is 2. The zero-order valence-corrected chi connectivity index (χ0v) is 19.5. The van der Waals surface area contributed by atoms with Gasteiger partial charge >= 0.3 is 5.97 Å². The predicted molar refractivity (Wildman–Crippen MR) is 123 cm³/mol. The van der Waals surface area contributed by atoms with Gasteiger partial charge in [-0.05, 0) is 34.0 Å². The highest BCUT2D eigenvalue weighted by Gasteiger charge is 2.62. The first-order valence-electron chi connectivity index (χ1n) is 10.8. The maximum absolute atomic E-state index is 14.1. The van der Waals surface area contributed by atoms with E-state index in [4.69, 9.17) is 15.2 Å². The Morgan fingerprint density at radius 2 is 1.94 bits per heavy atom. The lowest BCUT2D eigenvalue weighted by molar-refractivity contribution is -0.138. The molecule has 0 unspecified atom stereocenters. The number of aryl methyl sites for hydroxylation is 1. The van der Waals surface area contributed by atoms with Crippen molar-refractivity contribution < 1.29 is 19.1 Å². The van der Waals surface area contributed by atoms with Crippen LogP contribution in [0.15, 0.2) is 46.6 Å². The van der Waals surface area contributed by atoms with E-state index < -0.39 is 22.9 Å². The Morgan fingerprint density at radius 1 is 1.24 bits per heavy atom. The molecule has 3 heterocycles. The highest BCUT2D eigenvalue weighted by Crippen LogP contribution is 2.54. The molecule has 0 fully saturated rings. The first kappa shape index (κ1) is 22.6. The lowest BCUT2D eigenvalue weighted by Crippen LogP contribution is -2.52. The Hall–Kier alpha value is -3.59. The van der Waals surface area contributed by atoms with E-state index >= 15 is 0 Å². The second-order valence-electron chi connectivity index (χ2n) is 8.43. The number of anilines is 1. The van der Waals surface area contributed by atoms with E-state index in [1.54, 1.807) is 40.7 Å². The number of ether oxygens (including phenoxy) is 2. The summed E-state index contributed by atoms with van der Waals surface area (Å²) in [5.74, 6) is -1.33. The van der Waals surface area contributed by atoms with Gasteiger partial charge in [-0.1, -0.05) is 18.2 Å². The van der Waals surface area contributed by atoms with Crippen LogP contribution in [0.5, 0.6) is 5.75 Å². The molecule has 0 bridgehead atoms. The molecule has 2 N–H and O–H groups in total. The van der Waals surface area contributed by atoms with Crippen LogP contribution in [0.1, 0.15) is 23.7 Å². The number of fused-ring (bicyclic) bond motifs is 4. The molecule has 2 aromatic rings. The molecule has 0 saturated heterocycles. The summed E-state index contributed by atoms with van der Waals surface area (Å²) < 4.78 is 12.4. The van der Waals surface area contributed by atoms with E-state index in [-0.39, 0.29) is 22.8 Å². The molecular formula is C24H28N4O5. The van der Waals surface area contributed by atoms with Gasteiger partial charge in [0.05, 0.1) is 12.7 Å². The molecule has 9 heteroatoms. The third-order valence-corrected chi connectivity index (χ3v) is 6.33. The van der Waals surface area contributed by atoms with Crippen LogP contribution in [0.4, 0.5) is 5.69 Å². The second-order valence-corrected chi connectivity index (χ2v) is 8.43. The monoisotopic (exact) mass is 452 g/mol. The number of carbonyl (C=O) groups excluding carboxylic acids is 2. The van der Waals surface area contributed by atoms with Gasteiger partial charge < -0.3 is 29.6 Å². The Balaban J connectivity index is 2.14. The third-order valence-electron chi connectivity index (χ3n) is 6.33. The lowest BCUT2D eigenvalue weighted by Gasteiger charge is -2.36. The molecule has 1 aromatic carbocycles. The maximum atomic E-state index is 14.1. The molecule has 2 aliphatic rings. The number of nitrogens with two attached hydrogens (primary N) is 1. The average molecular weight is 453 g/mol. The molecule has 2 aliphatic heterocycles. The summed E-state index contributed by atoms with van der Waals surface area (Å²) in [6, 6.07) is 8.82. The van der Waals surface area contributed by atoms with Crippen LogP contribution in [0.2, 0.25) is 0 Å². The quantitative estimate of drug-likeness (QED) is 0.677. The number of benzene rings is 1. The summed E-state index contributed by atoms with van der Waals surface area (Å²) in [7, 11) is 5.04. The number of hydrogen-bond acceptors (Lipinski definition) is 7. The summed E-state index contributed by atoms with van der Waals surface area (Å²) >= 11 is 0. The summed E-state index contributed by atoms with van der Waals surface area (Å²) in [5, 5.41) is 0. The topological polar surface area (TPSA) is 107 Å². The van der Waals surface area contributed by atoms with Crippen LogP contribution in [0, 0.1) is 6.92 Å². The predicted octanol–water partition coefficient (Wildman–Crippen LogP) is 1.11. The van der Waals surface area contributed by atoms with Crippen LogP contribution in [0.3, 0.4) is 0 Å². The van der Waals surface area contributed by atoms with Gasteiger partial charge in [0, 0.05) is 42.6 Å². The van der Waals surface area contributed by atoms with Crippen LogP contribution in [-0.4, -0.2) is 55.6 Å².